The molecule has 5 nitrogen and oxygen atoms in total. The third kappa shape index (κ3) is 4.02. The summed E-state index contributed by atoms with van der Waals surface area (Å²) >= 11 is 0. The van der Waals surface area contributed by atoms with Gasteiger partial charge in [-0.15, -0.1) is 0 Å². The standard InChI is InChI=1S/C11H20N4O/c1-4-15-11(7-9(2)14-15)8-12-5-6-13-10(3)16/h7,12H,4-6,8H2,1-3H3,(H,13,16). The van der Waals surface area contributed by atoms with Gasteiger partial charge in [-0.2, -0.15) is 5.10 Å². The number of nitrogens with zero attached hydrogens (tertiary/aromatic N) is 2. The number of nitrogens with one attached hydrogen (secondary N) is 2. The van der Waals surface area contributed by atoms with Gasteiger partial charge in [-0.05, 0) is 19.9 Å². The Kier molecular flexibility index (Phi) is 4.98. The largest absolute Gasteiger partial charge is 0.355 e. The van der Waals surface area contributed by atoms with Gasteiger partial charge >= 0.3 is 0 Å². The fourth-order valence-electron chi connectivity index (χ4n) is 1.56. The highest BCUT2D eigenvalue weighted by atomic mass is 16.1. The average Bonchev–Trinajstić information content (AvgIpc) is 2.58. The first kappa shape index (κ1) is 12.7. The number of carbonyl (C=O) groups is 1. The average molecular weight is 224 g/mol. The molecule has 0 aliphatic rings. The van der Waals surface area contributed by atoms with E-state index in [2.05, 4.69) is 28.7 Å². The van der Waals surface area contributed by atoms with Crippen LogP contribution in [0.1, 0.15) is 25.2 Å². The highest BCUT2D eigenvalue weighted by Gasteiger charge is 2.02. The topological polar surface area (TPSA) is 59.0 Å². The highest BCUT2D eigenvalue weighted by molar-refractivity contribution is 5.72. The molecule has 0 saturated carbocycles. The summed E-state index contributed by atoms with van der Waals surface area (Å²) in [6.07, 6.45) is 0. The fraction of sp³-hybridized carbons (Fsp3) is 0.636. The van der Waals surface area contributed by atoms with Gasteiger partial charge < -0.3 is 10.6 Å². The Hall–Kier alpha value is -1.36. The zero-order valence-electron chi connectivity index (χ0n) is 10.2. The van der Waals surface area contributed by atoms with Crippen LogP contribution in [0.2, 0.25) is 0 Å². The van der Waals surface area contributed by atoms with E-state index in [1.807, 2.05) is 11.6 Å². The fourth-order valence-corrected chi connectivity index (χ4v) is 1.56. The Morgan fingerprint density at radius 1 is 1.50 bits per heavy atom. The van der Waals surface area contributed by atoms with E-state index in [0.717, 1.165) is 25.3 Å². The molecule has 5 heteroatoms. The van der Waals surface area contributed by atoms with Gasteiger partial charge in [0.1, 0.15) is 0 Å². The number of amides is 1. The summed E-state index contributed by atoms with van der Waals surface area (Å²) < 4.78 is 1.99. The van der Waals surface area contributed by atoms with Crippen molar-refractivity contribution in [1.82, 2.24) is 20.4 Å². The SMILES string of the molecule is CCn1nc(C)cc1CNCCNC(C)=O. The van der Waals surface area contributed by atoms with Crippen LogP contribution in [0.25, 0.3) is 0 Å². The molecular formula is C11H20N4O. The molecule has 0 radical (unpaired) electrons. The highest BCUT2D eigenvalue weighted by Crippen LogP contribution is 2.02. The van der Waals surface area contributed by atoms with Crippen molar-refractivity contribution in [3.8, 4) is 0 Å². The van der Waals surface area contributed by atoms with Crippen molar-refractivity contribution in [1.29, 1.82) is 0 Å². The zero-order valence-corrected chi connectivity index (χ0v) is 10.2. The van der Waals surface area contributed by atoms with E-state index in [9.17, 15) is 4.79 Å². The third-order valence-electron chi connectivity index (χ3n) is 2.27. The number of aromatic nitrogens is 2. The number of hydrogen-bond donors (Lipinski definition) is 2. The molecule has 0 aliphatic carbocycles. The Labute approximate surface area is 96.2 Å². The molecule has 1 aromatic rings. The van der Waals surface area contributed by atoms with Gasteiger partial charge in [-0.3, -0.25) is 9.48 Å². The molecule has 16 heavy (non-hydrogen) atoms. The predicted molar refractivity (Wildman–Crippen MR) is 63.0 cm³/mol. The third-order valence-corrected chi connectivity index (χ3v) is 2.27. The minimum absolute atomic E-state index is 0.0104. The molecule has 1 rings (SSSR count). The van der Waals surface area contributed by atoms with Crippen LogP contribution in [0.4, 0.5) is 0 Å². The molecule has 0 bridgehead atoms. The second kappa shape index (κ2) is 6.27. The number of aryl methyl sites for hydroxylation is 2. The van der Waals surface area contributed by atoms with Crippen molar-refractivity contribution < 1.29 is 4.79 Å². The van der Waals surface area contributed by atoms with Crippen molar-refractivity contribution in [3.63, 3.8) is 0 Å². The second-order valence-electron chi connectivity index (χ2n) is 3.75. The number of hydrogen-bond acceptors (Lipinski definition) is 3. The van der Waals surface area contributed by atoms with E-state index in [4.69, 9.17) is 0 Å². The van der Waals surface area contributed by atoms with Crippen LogP contribution < -0.4 is 10.6 Å². The van der Waals surface area contributed by atoms with Gasteiger partial charge in [0.2, 0.25) is 5.91 Å². The Balaban J connectivity index is 2.28. The maximum absolute atomic E-state index is 10.6. The Morgan fingerprint density at radius 3 is 2.88 bits per heavy atom. The van der Waals surface area contributed by atoms with Gasteiger partial charge in [0.05, 0.1) is 11.4 Å². The molecule has 1 aromatic heterocycles. The van der Waals surface area contributed by atoms with Crippen LogP contribution in [0, 0.1) is 6.92 Å². The van der Waals surface area contributed by atoms with Crippen LogP contribution in [-0.4, -0.2) is 28.8 Å². The van der Waals surface area contributed by atoms with E-state index in [1.165, 1.54) is 12.6 Å². The number of rotatable bonds is 6. The first-order chi connectivity index (χ1) is 7.63. The number of carbonyl (C=O) groups excluding carboxylic acids is 1. The van der Waals surface area contributed by atoms with Gasteiger partial charge in [-0.1, -0.05) is 0 Å². The van der Waals surface area contributed by atoms with Crippen LogP contribution in [0.5, 0.6) is 0 Å². The summed E-state index contributed by atoms with van der Waals surface area (Å²) in [6, 6.07) is 2.08. The summed E-state index contributed by atoms with van der Waals surface area (Å²) in [7, 11) is 0. The first-order valence-corrected chi connectivity index (χ1v) is 5.62. The van der Waals surface area contributed by atoms with Crippen molar-refractivity contribution in [2.75, 3.05) is 13.1 Å². The molecule has 0 fully saturated rings. The molecule has 0 atom stereocenters. The van der Waals surface area contributed by atoms with Crippen LogP contribution in [0.15, 0.2) is 6.07 Å². The minimum Gasteiger partial charge on any atom is -0.355 e. The molecule has 0 aliphatic heterocycles. The maximum Gasteiger partial charge on any atom is 0.216 e. The first-order valence-electron chi connectivity index (χ1n) is 5.62. The van der Waals surface area contributed by atoms with Gasteiger partial charge in [0.25, 0.3) is 0 Å². The molecule has 0 saturated heterocycles. The lowest BCUT2D eigenvalue weighted by Crippen LogP contribution is -2.30. The summed E-state index contributed by atoms with van der Waals surface area (Å²) in [5.74, 6) is 0.0104. The zero-order chi connectivity index (χ0) is 12.0. The molecule has 2 N–H and O–H groups in total. The molecule has 0 spiro atoms. The van der Waals surface area contributed by atoms with Gasteiger partial charge in [0, 0.05) is 33.1 Å². The lowest BCUT2D eigenvalue weighted by Gasteiger charge is -2.06. The monoisotopic (exact) mass is 224 g/mol. The minimum atomic E-state index is 0.0104. The van der Waals surface area contributed by atoms with Crippen molar-refractivity contribution in [2.45, 2.75) is 33.9 Å². The predicted octanol–water partition coefficient (Wildman–Crippen LogP) is 0.437. The van der Waals surface area contributed by atoms with Crippen molar-refractivity contribution >= 4 is 5.91 Å². The molecular weight excluding hydrogens is 204 g/mol. The van der Waals surface area contributed by atoms with E-state index >= 15 is 0 Å². The Bertz CT molecular complexity index is 346. The smallest absolute Gasteiger partial charge is 0.216 e. The normalized spacial score (nSPS) is 10.4. The lowest BCUT2D eigenvalue weighted by molar-refractivity contribution is -0.118. The van der Waals surface area contributed by atoms with Crippen molar-refractivity contribution in [3.05, 3.63) is 17.5 Å². The van der Waals surface area contributed by atoms with E-state index in [0.29, 0.717) is 6.54 Å². The van der Waals surface area contributed by atoms with E-state index in [1.54, 1.807) is 0 Å². The van der Waals surface area contributed by atoms with Gasteiger partial charge in [-0.25, -0.2) is 0 Å². The summed E-state index contributed by atoms with van der Waals surface area (Å²) in [5, 5.41) is 10.4. The van der Waals surface area contributed by atoms with E-state index < -0.39 is 0 Å². The molecule has 1 amide bonds. The van der Waals surface area contributed by atoms with Crippen LogP contribution in [-0.2, 0) is 17.9 Å². The van der Waals surface area contributed by atoms with Crippen molar-refractivity contribution in [2.24, 2.45) is 0 Å². The van der Waals surface area contributed by atoms with Crippen LogP contribution >= 0.6 is 0 Å². The summed E-state index contributed by atoms with van der Waals surface area (Å²) in [6.45, 7) is 8.70. The summed E-state index contributed by atoms with van der Waals surface area (Å²) in [4.78, 5) is 10.6. The second-order valence-corrected chi connectivity index (χ2v) is 3.75. The molecule has 0 aromatic carbocycles. The Morgan fingerprint density at radius 2 is 2.25 bits per heavy atom. The maximum atomic E-state index is 10.6. The lowest BCUT2D eigenvalue weighted by atomic mass is 10.3. The summed E-state index contributed by atoms with van der Waals surface area (Å²) in [5.41, 5.74) is 2.23. The molecule has 0 unspecified atom stereocenters. The quantitative estimate of drug-likeness (QED) is 0.689. The van der Waals surface area contributed by atoms with Gasteiger partial charge in [0.15, 0.2) is 0 Å². The molecule has 1 heterocycles. The van der Waals surface area contributed by atoms with Crippen LogP contribution in [0.3, 0.4) is 0 Å². The van der Waals surface area contributed by atoms with E-state index in [-0.39, 0.29) is 5.91 Å². The molecule has 90 valence electrons.